The number of aryl methyl sites for hydroxylation is 6. The van der Waals surface area contributed by atoms with Crippen LogP contribution in [-0.4, -0.2) is 0 Å². The fraction of sp³-hybridized carbons (Fsp3) is 0.304. The van der Waals surface area contributed by atoms with Gasteiger partial charge in [-0.1, -0.05) is 0 Å². The molecule has 4 rings (SSSR count). The average Bonchev–Trinajstić information content (AvgIpc) is 3.38. The van der Waals surface area contributed by atoms with Crippen LogP contribution in [0.2, 0.25) is 0 Å². The normalized spacial score (nSPS) is 11.4. The SMILES string of the molecule is Cc1ccsc1-c1sc(CCCc2cc(C)c(-c3sccc3C)s2)cc1C. The van der Waals surface area contributed by atoms with Crippen molar-refractivity contribution in [3.05, 3.63) is 67.0 Å². The number of hydrogen-bond acceptors (Lipinski definition) is 4. The summed E-state index contributed by atoms with van der Waals surface area (Å²) in [7, 11) is 0. The molecule has 0 spiro atoms. The van der Waals surface area contributed by atoms with E-state index in [-0.39, 0.29) is 0 Å². The van der Waals surface area contributed by atoms with Crippen LogP contribution >= 0.6 is 45.3 Å². The van der Waals surface area contributed by atoms with Crippen LogP contribution in [0.25, 0.3) is 19.5 Å². The van der Waals surface area contributed by atoms with Crippen molar-refractivity contribution in [1.29, 1.82) is 0 Å². The van der Waals surface area contributed by atoms with Crippen molar-refractivity contribution >= 4 is 45.3 Å². The molecule has 0 radical (unpaired) electrons. The number of thiophene rings is 4. The Balaban J connectivity index is 1.42. The van der Waals surface area contributed by atoms with E-state index in [9.17, 15) is 0 Å². The van der Waals surface area contributed by atoms with Crippen molar-refractivity contribution in [1.82, 2.24) is 0 Å². The molecular formula is C23H24S4. The van der Waals surface area contributed by atoms with E-state index in [0.29, 0.717) is 0 Å². The third kappa shape index (κ3) is 4.00. The van der Waals surface area contributed by atoms with Gasteiger partial charge in [-0.2, -0.15) is 0 Å². The maximum absolute atomic E-state index is 2.40. The molecule has 0 aliphatic heterocycles. The van der Waals surface area contributed by atoms with Gasteiger partial charge < -0.3 is 0 Å². The van der Waals surface area contributed by atoms with Gasteiger partial charge in [0.1, 0.15) is 0 Å². The maximum Gasteiger partial charge on any atom is 0.0477 e. The monoisotopic (exact) mass is 428 g/mol. The largest absolute Gasteiger partial charge is 0.143 e. The van der Waals surface area contributed by atoms with Crippen LogP contribution in [0.4, 0.5) is 0 Å². The molecule has 0 aromatic carbocycles. The molecule has 4 heterocycles. The first-order valence-corrected chi connectivity index (χ1v) is 12.7. The van der Waals surface area contributed by atoms with Gasteiger partial charge in [-0.15, -0.1) is 45.3 Å². The molecule has 4 aromatic rings. The Hall–Kier alpha value is -1.20. The summed E-state index contributed by atoms with van der Waals surface area (Å²) in [5, 5.41) is 4.41. The quantitative estimate of drug-likeness (QED) is 0.288. The second kappa shape index (κ2) is 8.04. The zero-order valence-corrected chi connectivity index (χ0v) is 19.5. The first-order valence-electron chi connectivity index (χ1n) is 9.30. The fourth-order valence-electron chi connectivity index (χ4n) is 3.44. The summed E-state index contributed by atoms with van der Waals surface area (Å²) in [6.45, 7) is 8.95. The van der Waals surface area contributed by atoms with Crippen molar-refractivity contribution in [2.75, 3.05) is 0 Å². The molecule has 0 amide bonds. The Morgan fingerprint density at radius 1 is 0.593 bits per heavy atom. The first kappa shape index (κ1) is 19.1. The van der Waals surface area contributed by atoms with Crippen molar-refractivity contribution in [3.8, 4) is 19.5 Å². The highest BCUT2D eigenvalue weighted by molar-refractivity contribution is 7.22. The highest BCUT2D eigenvalue weighted by Crippen LogP contribution is 2.39. The van der Waals surface area contributed by atoms with Crippen LogP contribution < -0.4 is 0 Å². The van der Waals surface area contributed by atoms with Crippen molar-refractivity contribution in [2.45, 2.75) is 47.0 Å². The Labute approximate surface area is 178 Å². The Morgan fingerprint density at radius 2 is 1.04 bits per heavy atom. The van der Waals surface area contributed by atoms with E-state index in [4.69, 9.17) is 0 Å². The Bertz CT molecular complexity index is 970. The minimum Gasteiger partial charge on any atom is -0.143 e. The third-order valence-electron chi connectivity index (χ3n) is 4.92. The molecule has 0 bridgehead atoms. The van der Waals surface area contributed by atoms with Gasteiger partial charge in [0.15, 0.2) is 0 Å². The summed E-state index contributed by atoms with van der Waals surface area (Å²) >= 11 is 7.72. The van der Waals surface area contributed by atoms with Crippen LogP contribution in [0.5, 0.6) is 0 Å². The molecule has 0 N–H and O–H groups in total. The van der Waals surface area contributed by atoms with Gasteiger partial charge in [0, 0.05) is 29.3 Å². The highest BCUT2D eigenvalue weighted by atomic mass is 32.1. The summed E-state index contributed by atoms with van der Waals surface area (Å²) in [5.74, 6) is 0. The third-order valence-corrected chi connectivity index (χ3v) is 9.88. The van der Waals surface area contributed by atoms with Gasteiger partial charge in [-0.25, -0.2) is 0 Å². The number of hydrogen-bond donors (Lipinski definition) is 0. The van der Waals surface area contributed by atoms with E-state index in [2.05, 4.69) is 62.7 Å². The summed E-state index contributed by atoms with van der Waals surface area (Å²) < 4.78 is 0. The molecule has 0 atom stereocenters. The van der Waals surface area contributed by atoms with Gasteiger partial charge >= 0.3 is 0 Å². The topological polar surface area (TPSA) is 0 Å². The minimum absolute atomic E-state index is 1.18. The van der Waals surface area contributed by atoms with E-state index in [1.807, 2.05) is 45.3 Å². The molecule has 140 valence electrons. The smallest absolute Gasteiger partial charge is 0.0477 e. The Kier molecular flexibility index (Phi) is 5.70. The van der Waals surface area contributed by atoms with Crippen molar-refractivity contribution in [2.24, 2.45) is 0 Å². The van der Waals surface area contributed by atoms with Crippen molar-refractivity contribution in [3.63, 3.8) is 0 Å². The summed E-state index contributed by atoms with van der Waals surface area (Å²) in [4.78, 5) is 8.90. The standard InChI is InChI=1S/C23H24S4/c1-14-8-10-24-20(14)22-16(3)12-18(26-22)6-5-7-19-13-17(4)23(27-19)21-15(2)9-11-25-21/h8-13H,5-7H2,1-4H3. The average molecular weight is 429 g/mol. The Morgan fingerprint density at radius 3 is 1.41 bits per heavy atom. The predicted molar refractivity (Wildman–Crippen MR) is 126 cm³/mol. The molecule has 4 aromatic heterocycles. The molecule has 4 heteroatoms. The second-order valence-electron chi connectivity index (χ2n) is 7.17. The van der Waals surface area contributed by atoms with Crippen LogP contribution in [-0.2, 0) is 12.8 Å². The zero-order valence-electron chi connectivity index (χ0n) is 16.2. The van der Waals surface area contributed by atoms with E-state index in [1.165, 1.54) is 70.8 Å². The predicted octanol–water partition coefficient (Wildman–Crippen LogP) is 8.68. The van der Waals surface area contributed by atoms with Crippen LogP contribution in [0.3, 0.4) is 0 Å². The first-order chi connectivity index (χ1) is 13.0. The lowest BCUT2D eigenvalue weighted by Crippen LogP contribution is -1.84. The minimum atomic E-state index is 1.18. The molecule has 0 aliphatic rings. The lowest BCUT2D eigenvalue weighted by molar-refractivity contribution is 0.841. The molecular weight excluding hydrogens is 405 g/mol. The van der Waals surface area contributed by atoms with E-state index in [1.54, 1.807) is 0 Å². The molecule has 0 nitrogen and oxygen atoms in total. The van der Waals surface area contributed by atoms with Crippen molar-refractivity contribution < 1.29 is 0 Å². The summed E-state index contributed by atoms with van der Waals surface area (Å²) in [6.07, 6.45) is 3.59. The molecule has 27 heavy (non-hydrogen) atoms. The summed E-state index contributed by atoms with van der Waals surface area (Å²) in [5.41, 5.74) is 5.68. The van der Waals surface area contributed by atoms with E-state index in [0.717, 1.165) is 0 Å². The van der Waals surface area contributed by atoms with Crippen LogP contribution in [0.1, 0.15) is 38.4 Å². The van der Waals surface area contributed by atoms with Gasteiger partial charge in [0.2, 0.25) is 0 Å². The van der Waals surface area contributed by atoms with E-state index >= 15 is 0 Å². The van der Waals surface area contributed by atoms with Crippen LogP contribution in [0.15, 0.2) is 35.0 Å². The number of rotatable bonds is 6. The fourth-order valence-corrected chi connectivity index (χ4v) is 8.28. The lowest BCUT2D eigenvalue weighted by atomic mass is 10.1. The van der Waals surface area contributed by atoms with Gasteiger partial charge in [0.25, 0.3) is 0 Å². The maximum atomic E-state index is 2.40. The second-order valence-corrected chi connectivity index (χ2v) is 11.3. The van der Waals surface area contributed by atoms with Gasteiger partial charge in [0.05, 0.1) is 0 Å². The molecule has 0 saturated carbocycles. The molecule has 0 aliphatic carbocycles. The molecule has 0 saturated heterocycles. The lowest BCUT2D eigenvalue weighted by Gasteiger charge is -1.98. The zero-order chi connectivity index (χ0) is 19.0. The molecule has 0 fully saturated rings. The van der Waals surface area contributed by atoms with Gasteiger partial charge in [-0.05, 0) is 104 Å². The van der Waals surface area contributed by atoms with E-state index < -0.39 is 0 Å². The highest BCUT2D eigenvalue weighted by Gasteiger charge is 2.13. The van der Waals surface area contributed by atoms with Gasteiger partial charge in [-0.3, -0.25) is 0 Å². The summed E-state index contributed by atoms with van der Waals surface area (Å²) in [6, 6.07) is 9.26. The van der Waals surface area contributed by atoms with Crippen LogP contribution in [0, 0.1) is 27.7 Å². The molecule has 0 unspecified atom stereocenters.